The Bertz CT molecular complexity index is 673. The van der Waals surface area contributed by atoms with Crippen molar-refractivity contribution in [1.82, 2.24) is 20.2 Å². The van der Waals surface area contributed by atoms with Crippen LogP contribution < -0.4 is 10.2 Å². The van der Waals surface area contributed by atoms with Crippen molar-refractivity contribution in [3.63, 3.8) is 0 Å². The van der Waals surface area contributed by atoms with Crippen molar-refractivity contribution in [2.24, 2.45) is 0 Å². The van der Waals surface area contributed by atoms with E-state index >= 15 is 0 Å². The number of carbonyl (C=O) groups excluding carboxylic acids is 1. The van der Waals surface area contributed by atoms with Crippen molar-refractivity contribution < 1.29 is 4.79 Å². The van der Waals surface area contributed by atoms with Gasteiger partial charge in [-0.25, -0.2) is 9.97 Å². The molecule has 1 unspecified atom stereocenters. The number of rotatable bonds is 2. The molecular weight excluding hydrogens is 298 g/mol. The van der Waals surface area contributed by atoms with Gasteiger partial charge >= 0.3 is 0 Å². The zero-order valence-corrected chi connectivity index (χ0v) is 13.2. The van der Waals surface area contributed by atoms with Gasteiger partial charge in [-0.15, -0.1) is 11.3 Å². The number of nitrogens with one attached hydrogen (secondary N) is 1. The molecule has 1 atom stereocenters. The maximum atomic E-state index is 12.4. The summed E-state index contributed by atoms with van der Waals surface area (Å²) < 4.78 is 1.14. The molecule has 2 saturated heterocycles. The van der Waals surface area contributed by atoms with Gasteiger partial charge in [0, 0.05) is 26.2 Å². The van der Waals surface area contributed by atoms with Gasteiger partial charge in [0.15, 0.2) is 0 Å². The Kier molecular flexibility index (Phi) is 3.67. The molecule has 4 heterocycles. The molecule has 22 heavy (non-hydrogen) atoms. The van der Waals surface area contributed by atoms with Crippen molar-refractivity contribution in [3.8, 4) is 0 Å². The lowest BCUT2D eigenvalue weighted by Crippen LogP contribution is -2.53. The van der Waals surface area contributed by atoms with E-state index < -0.39 is 0 Å². The van der Waals surface area contributed by atoms with Gasteiger partial charge in [-0.05, 0) is 30.8 Å². The first-order valence-electron chi connectivity index (χ1n) is 7.78. The fourth-order valence-electron chi connectivity index (χ4n) is 3.26. The van der Waals surface area contributed by atoms with E-state index in [0.29, 0.717) is 0 Å². The molecule has 2 aromatic heterocycles. The van der Waals surface area contributed by atoms with E-state index in [9.17, 15) is 4.79 Å². The summed E-state index contributed by atoms with van der Waals surface area (Å²) in [5.41, 5.74) is 1.00. The number of nitrogens with zero attached hydrogens (tertiary/aromatic N) is 4. The third-order valence-electron chi connectivity index (χ3n) is 4.47. The van der Waals surface area contributed by atoms with Crippen LogP contribution in [0.15, 0.2) is 17.8 Å². The first-order chi connectivity index (χ1) is 10.8. The van der Waals surface area contributed by atoms with Crippen LogP contribution in [0.1, 0.15) is 12.8 Å². The van der Waals surface area contributed by atoms with Crippen molar-refractivity contribution in [2.75, 3.05) is 37.6 Å². The molecule has 0 aromatic carbocycles. The zero-order chi connectivity index (χ0) is 14.9. The number of anilines is 1. The van der Waals surface area contributed by atoms with Crippen molar-refractivity contribution in [1.29, 1.82) is 0 Å². The SMILES string of the molecule is O=C(C1CCCN1)N1CCN(c2ncnc3ccsc23)CC1. The molecule has 0 radical (unpaired) electrons. The first kappa shape index (κ1) is 13.9. The molecular formula is C15H19N5OS. The van der Waals surface area contributed by atoms with Crippen LogP contribution in [0.4, 0.5) is 5.82 Å². The summed E-state index contributed by atoms with van der Waals surface area (Å²) in [5, 5.41) is 5.34. The largest absolute Gasteiger partial charge is 0.352 e. The Morgan fingerprint density at radius 3 is 2.91 bits per heavy atom. The van der Waals surface area contributed by atoms with Gasteiger partial charge in [-0.2, -0.15) is 0 Å². The van der Waals surface area contributed by atoms with Gasteiger partial charge in [-0.1, -0.05) is 0 Å². The maximum Gasteiger partial charge on any atom is 0.239 e. The number of aromatic nitrogens is 2. The minimum atomic E-state index is 0.0367. The Balaban J connectivity index is 1.45. The number of thiophene rings is 1. The third-order valence-corrected chi connectivity index (χ3v) is 5.37. The summed E-state index contributed by atoms with van der Waals surface area (Å²) in [5.74, 6) is 1.27. The molecule has 0 saturated carbocycles. The van der Waals surface area contributed by atoms with Gasteiger partial charge in [0.2, 0.25) is 5.91 Å². The second-order valence-electron chi connectivity index (χ2n) is 5.79. The van der Waals surface area contributed by atoms with Crippen molar-refractivity contribution in [3.05, 3.63) is 17.8 Å². The second kappa shape index (κ2) is 5.81. The predicted octanol–water partition coefficient (Wildman–Crippen LogP) is 1.09. The van der Waals surface area contributed by atoms with Crippen LogP contribution in [-0.2, 0) is 4.79 Å². The second-order valence-corrected chi connectivity index (χ2v) is 6.71. The fourth-order valence-corrected chi connectivity index (χ4v) is 4.12. The molecule has 1 N–H and O–H groups in total. The fraction of sp³-hybridized carbons (Fsp3) is 0.533. The van der Waals surface area contributed by atoms with Crippen LogP contribution in [0, 0.1) is 0 Å². The van der Waals surface area contributed by atoms with Crippen LogP contribution >= 0.6 is 11.3 Å². The Morgan fingerprint density at radius 1 is 1.27 bits per heavy atom. The lowest BCUT2D eigenvalue weighted by Gasteiger charge is -2.36. The number of carbonyl (C=O) groups is 1. The number of amides is 1. The standard InChI is InChI=1S/C15H19N5OS/c21-15(12-2-1-4-16-12)20-7-5-19(6-8-20)14-13-11(3-9-22-13)17-10-18-14/h3,9-10,12,16H,1-2,4-8H2. The van der Waals surface area contributed by atoms with Gasteiger partial charge < -0.3 is 15.1 Å². The summed E-state index contributed by atoms with van der Waals surface area (Å²) in [4.78, 5) is 25.5. The quantitative estimate of drug-likeness (QED) is 0.898. The average Bonchev–Trinajstić information content (AvgIpc) is 3.25. The molecule has 2 aromatic rings. The van der Waals surface area contributed by atoms with E-state index in [2.05, 4.69) is 20.2 Å². The van der Waals surface area contributed by atoms with Crippen LogP contribution in [0.3, 0.4) is 0 Å². The highest BCUT2D eigenvalue weighted by Gasteiger charge is 2.29. The maximum absolute atomic E-state index is 12.4. The van der Waals surface area contributed by atoms with Gasteiger partial charge in [0.1, 0.15) is 12.1 Å². The van der Waals surface area contributed by atoms with Crippen LogP contribution in [0.2, 0.25) is 0 Å². The van der Waals surface area contributed by atoms with Gasteiger partial charge in [0.05, 0.1) is 16.3 Å². The summed E-state index contributed by atoms with van der Waals surface area (Å²) in [7, 11) is 0. The van der Waals surface area contributed by atoms with Crippen LogP contribution in [-0.4, -0.2) is 59.5 Å². The minimum absolute atomic E-state index is 0.0367. The highest BCUT2D eigenvalue weighted by atomic mass is 32.1. The molecule has 1 amide bonds. The predicted molar refractivity (Wildman–Crippen MR) is 87.2 cm³/mol. The van der Waals surface area contributed by atoms with Gasteiger partial charge in [-0.3, -0.25) is 4.79 Å². The normalized spacial score (nSPS) is 22.5. The highest BCUT2D eigenvalue weighted by Crippen LogP contribution is 2.28. The molecule has 0 spiro atoms. The molecule has 0 aliphatic carbocycles. The van der Waals surface area contributed by atoms with E-state index in [4.69, 9.17) is 0 Å². The number of hydrogen-bond donors (Lipinski definition) is 1. The Morgan fingerprint density at radius 2 is 2.14 bits per heavy atom. The smallest absolute Gasteiger partial charge is 0.239 e. The first-order valence-corrected chi connectivity index (χ1v) is 8.66. The third kappa shape index (κ3) is 2.44. The van der Waals surface area contributed by atoms with E-state index in [1.165, 1.54) is 0 Å². The molecule has 4 rings (SSSR count). The van der Waals surface area contributed by atoms with Gasteiger partial charge in [0.25, 0.3) is 0 Å². The molecule has 7 heteroatoms. The average molecular weight is 317 g/mol. The lowest BCUT2D eigenvalue weighted by atomic mass is 10.2. The highest BCUT2D eigenvalue weighted by molar-refractivity contribution is 7.17. The topological polar surface area (TPSA) is 61.4 Å². The Hall–Kier alpha value is -1.73. The number of piperazine rings is 1. The van der Waals surface area contributed by atoms with Crippen molar-refractivity contribution >= 4 is 33.3 Å². The number of fused-ring (bicyclic) bond motifs is 1. The Labute approximate surface area is 133 Å². The molecule has 2 aliphatic rings. The molecule has 6 nitrogen and oxygen atoms in total. The summed E-state index contributed by atoms with van der Waals surface area (Å²) >= 11 is 1.68. The van der Waals surface area contributed by atoms with E-state index in [1.54, 1.807) is 17.7 Å². The monoisotopic (exact) mass is 317 g/mol. The molecule has 2 fully saturated rings. The minimum Gasteiger partial charge on any atom is -0.352 e. The van der Waals surface area contributed by atoms with Crippen molar-refractivity contribution in [2.45, 2.75) is 18.9 Å². The van der Waals surface area contributed by atoms with E-state index in [-0.39, 0.29) is 11.9 Å². The molecule has 2 aliphatic heterocycles. The van der Waals surface area contributed by atoms with E-state index in [0.717, 1.165) is 61.6 Å². The summed E-state index contributed by atoms with van der Waals surface area (Å²) in [6.07, 6.45) is 3.71. The lowest BCUT2D eigenvalue weighted by molar-refractivity contribution is -0.133. The molecule has 0 bridgehead atoms. The number of hydrogen-bond acceptors (Lipinski definition) is 6. The zero-order valence-electron chi connectivity index (χ0n) is 12.4. The summed E-state index contributed by atoms with van der Waals surface area (Å²) in [6, 6.07) is 2.06. The van der Waals surface area contributed by atoms with E-state index in [1.807, 2.05) is 16.3 Å². The van der Waals surface area contributed by atoms with Crippen LogP contribution in [0.5, 0.6) is 0 Å². The molecule has 116 valence electrons. The van der Waals surface area contributed by atoms with Crippen LogP contribution in [0.25, 0.3) is 10.2 Å². The summed E-state index contributed by atoms with van der Waals surface area (Å²) in [6.45, 7) is 4.18.